The van der Waals surface area contributed by atoms with Gasteiger partial charge in [-0.2, -0.15) is 0 Å². The molecule has 1 aromatic carbocycles. The van der Waals surface area contributed by atoms with E-state index in [4.69, 9.17) is 16.3 Å². The van der Waals surface area contributed by atoms with Crippen molar-refractivity contribution < 1.29 is 9.53 Å². The summed E-state index contributed by atoms with van der Waals surface area (Å²) in [5, 5.41) is 0.705. The summed E-state index contributed by atoms with van der Waals surface area (Å²) in [6, 6.07) is 7.49. The molecule has 0 aromatic heterocycles. The third kappa shape index (κ3) is 2.00. The van der Waals surface area contributed by atoms with Gasteiger partial charge in [-0.1, -0.05) is 37.1 Å². The molecule has 80 valence electrons. The number of halogens is 1. The Kier molecular flexibility index (Phi) is 2.96. The molecule has 0 aliphatic carbocycles. The zero-order chi connectivity index (χ0) is 10.8. The van der Waals surface area contributed by atoms with E-state index in [-0.39, 0.29) is 18.0 Å². The van der Waals surface area contributed by atoms with Crippen LogP contribution in [0.15, 0.2) is 24.3 Å². The number of rotatable bonds is 3. The number of hydrogen-bond donors (Lipinski definition) is 0. The minimum atomic E-state index is -0.0724. The summed E-state index contributed by atoms with van der Waals surface area (Å²) in [5.74, 6) is -0.0343. The van der Waals surface area contributed by atoms with Crippen LogP contribution >= 0.6 is 11.6 Å². The normalized spacial score (nSPS) is 24.5. The first-order valence-electron chi connectivity index (χ1n) is 5.18. The number of hydrogen-bond acceptors (Lipinski definition) is 2. The van der Waals surface area contributed by atoms with E-state index in [0.717, 1.165) is 18.4 Å². The van der Waals surface area contributed by atoms with Crippen LogP contribution in [0, 0.1) is 5.92 Å². The van der Waals surface area contributed by atoms with Crippen molar-refractivity contribution in [3.05, 3.63) is 34.9 Å². The molecule has 1 fully saturated rings. The molecule has 0 saturated carbocycles. The molecule has 3 heteroatoms. The molecule has 2 nitrogen and oxygen atoms in total. The molecule has 1 saturated heterocycles. The van der Waals surface area contributed by atoms with E-state index in [1.807, 2.05) is 24.3 Å². The fourth-order valence-electron chi connectivity index (χ4n) is 1.88. The molecule has 0 bridgehead atoms. The molecule has 1 aliphatic heterocycles. The Morgan fingerprint density at radius 3 is 2.53 bits per heavy atom. The Balaban J connectivity index is 2.11. The fraction of sp³-hybridized carbons (Fsp3) is 0.417. The number of ether oxygens (including phenoxy) is 1. The van der Waals surface area contributed by atoms with Gasteiger partial charge in [0.25, 0.3) is 0 Å². The van der Waals surface area contributed by atoms with E-state index in [0.29, 0.717) is 5.02 Å². The maximum absolute atomic E-state index is 11.2. The lowest BCUT2D eigenvalue weighted by Gasteiger charge is -2.35. The molecule has 0 amide bonds. The lowest BCUT2D eigenvalue weighted by molar-refractivity contribution is -0.186. The summed E-state index contributed by atoms with van der Waals surface area (Å²) in [6.45, 7) is 2.07. The highest BCUT2D eigenvalue weighted by Crippen LogP contribution is 2.39. The summed E-state index contributed by atoms with van der Waals surface area (Å²) < 4.78 is 5.15. The van der Waals surface area contributed by atoms with Gasteiger partial charge in [-0.05, 0) is 24.1 Å². The Bertz CT molecular complexity index is 358. The zero-order valence-corrected chi connectivity index (χ0v) is 9.33. The molecule has 1 aliphatic rings. The molecule has 15 heavy (non-hydrogen) atoms. The lowest BCUT2D eigenvalue weighted by atomic mass is 9.87. The van der Waals surface area contributed by atoms with Gasteiger partial charge in [0.15, 0.2) is 0 Å². The molecular weight excluding hydrogens is 212 g/mol. The molecular formula is C12H13ClO2. The maximum Gasteiger partial charge on any atom is 0.313 e. The van der Waals surface area contributed by atoms with E-state index in [1.54, 1.807) is 0 Å². The van der Waals surface area contributed by atoms with Crippen LogP contribution in [0.5, 0.6) is 0 Å². The minimum Gasteiger partial charge on any atom is -0.456 e. The van der Waals surface area contributed by atoms with E-state index >= 15 is 0 Å². The number of carbonyl (C=O) groups excluding carboxylic acids is 1. The van der Waals surface area contributed by atoms with Crippen LogP contribution in [0.3, 0.4) is 0 Å². The minimum absolute atomic E-state index is 0.0381. The summed E-state index contributed by atoms with van der Waals surface area (Å²) in [5.41, 5.74) is 1.04. The van der Waals surface area contributed by atoms with Crippen molar-refractivity contribution in [2.24, 2.45) is 5.92 Å². The summed E-state index contributed by atoms with van der Waals surface area (Å²) in [6.07, 6.45) is 1.84. The molecule has 0 unspecified atom stereocenters. The molecule has 1 heterocycles. The standard InChI is InChI=1S/C12H13ClO2/c1-2-3-10-11(15-12(10)14)8-4-6-9(13)7-5-8/h4-7,10-11H,2-3H2,1H3/t10-,11-/m1/s1. The first kappa shape index (κ1) is 10.5. The van der Waals surface area contributed by atoms with Gasteiger partial charge in [0.05, 0.1) is 5.92 Å². The van der Waals surface area contributed by atoms with Crippen molar-refractivity contribution in [3.63, 3.8) is 0 Å². The quantitative estimate of drug-likeness (QED) is 0.736. The van der Waals surface area contributed by atoms with E-state index in [9.17, 15) is 4.79 Å². The van der Waals surface area contributed by atoms with Crippen LogP contribution in [0.2, 0.25) is 5.02 Å². The summed E-state index contributed by atoms with van der Waals surface area (Å²) >= 11 is 5.80. The second-order valence-corrected chi connectivity index (χ2v) is 4.24. The van der Waals surface area contributed by atoms with Crippen LogP contribution in [0.1, 0.15) is 31.4 Å². The number of carbonyl (C=O) groups is 1. The zero-order valence-electron chi connectivity index (χ0n) is 8.57. The highest BCUT2D eigenvalue weighted by Gasteiger charge is 2.42. The van der Waals surface area contributed by atoms with Crippen molar-refractivity contribution in [2.75, 3.05) is 0 Å². The van der Waals surface area contributed by atoms with Gasteiger partial charge in [-0.15, -0.1) is 0 Å². The third-order valence-electron chi connectivity index (χ3n) is 2.71. The van der Waals surface area contributed by atoms with Crippen LogP contribution in [0.25, 0.3) is 0 Å². The molecule has 2 rings (SSSR count). The van der Waals surface area contributed by atoms with Gasteiger partial charge in [0.2, 0.25) is 0 Å². The van der Waals surface area contributed by atoms with Gasteiger partial charge in [-0.25, -0.2) is 0 Å². The van der Waals surface area contributed by atoms with Crippen LogP contribution in [-0.2, 0) is 9.53 Å². The van der Waals surface area contributed by atoms with Gasteiger partial charge < -0.3 is 4.74 Å². The molecule has 2 atom stereocenters. The van der Waals surface area contributed by atoms with Crippen LogP contribution < -0.4 is 0 Å². The smallest absolute Gasteiger partial charge is 0.313 e. The van der Waals surface area contributed by atoms with Crippen molar-refractivity contribution in [1.29, 1.82) is 0 Å². The Hall–Kier alpha value is -1.02. The topological polar surface area (TPSA) is 26.3 Å². The molecule has 0 N–H and O–H groups in total. The van der Waals surface area contributed by atoms with E-state index in [1.165, 1.54) is 0 Å². The van der Waals surface area contributed by atoms with Crippen molar-refractivity contribution in [1.82, 2.24) is 0 Å². The summed E-state index contributed by atoms with van der Waals surface area (Å²) in [4.78, 5) is 11.2. The third-order valence-corrected chi connectivity index (χ3v) is 2.96. The van der Waals surface area contributed by atoms with Gasteiger partial charge in [0.1, 0.15) is 6.10 Å². The fourth-order valence-corrected chi connectivity index (χ4v) is 2.00. The monoisotopic (exact) mass is 224 g/mol. The van der Waals surface area contributed by atoms with Crippen molar-refractivity contribution in [2.45, 2.75) is 25.9 Å². The predicted molar refractivity (Wildman–Crippen MR) is 58.7 cm³/mol. The highest BCUT2D eigenvalue weighted by molar-refractivity contribution is 6.30. The highest BCUT2D eigenvalue weighted by atomic mass is 35.5. The SMILES string of the molecule is CCC[C@H]1C(=O)O[C@@H]1c1ccc(Cl)cc1. The Morgan fingerprint density at radius 2 is 2.00 bits per heavy atom. The van der Waals surface area contributed by atoms with Gasteiger partial charge >= 0.3 is 5.97 Å². The van der Waals surface area contributed by atoms with Crippen molar-refractivity contribution in [3.8, 4) is 0 Å². The first-order valence-corrected chi connectivity index (χ1v) is 5.56. The Labute approximate surface area is 94.2 Å². The molecule has 0 radical (unpaired) electrons. The van der Waals surface area contributed by atoms with E-state index < -0.39 is 0 Å². The van der Waals surface area contributed by atoms with E-state index in [2.05, 4.69) is 6.92 Å². The second-order valence-electron chi connectivity index (χ2n) is 3.80. The summed E-state index contributed by atoms with van der Waals surface area (Å²) in [7, 11) is 0. The average Bonchev–Trinajstić information content (AvgIpc) is 2.24. The van der Waals surface area contributed by atoms with Gasteiger partial charge in [-0.3, -0.25) is 4.79 Å². The second kappa shape index (κ2) is 4.23. The van der Waals surface area contributed by atoms with Crippen molar-refractivity contribution >= 4 is 17.6 Å². The molecule has 1 aromatic rings. The Morgan fingerprint density at radius 1 is 1.33 bits per heavy atom. The maximum atomic E-state index is 11.2. The van der Waals surface area contributed by atoms with Gasteiger partial charge in [0, 0.05) is 5.02 Å². The number of esters is 1. The van der Waals surface area contributed by atoms with Crippen LogP contribution in [0.4, 0.5) is 0 Å². The number of benzene rings is 1. The number of cyclic esters (lactones) is 1. The average molecular weight is 225 g/mol. The predicted octanol–water partition coefficient (Wildman–Crippen LogP) is 3.35. The molecule has 0 spiro atoms. The van der Waals surface area contributed by atoms with Crippen LogP contribution in [-0.4, -0.2) is 5.97 Å². The first-order chi connectivity index (χ1) is 7.22. The lowest BCUT2D eigenvalue weighted by Crippen LogP contribution is -2.38. The largest absolute Gasteiger partial charge is 0.456 e.